The van der Waals surface area contributed by atoms with Gasteiger partial charge in [-0.2, -0.15) is 0 Å². The van der Waals surface area contributed by atoms with Crippen LogP contribution in [0.25, 0.3) is 6.08 Å². The monoisotopic (exact) mass is 258 g/mol. The first-order valence-electron chi connectivity index (χ1n) is 6.86. The van der Waals surface area contributed by atoms with Crippen LogP contribution in [0.4, 0.5) is 4.79 Å². The highest BCUT2D eigenvalue weighted by Gasteiger charge is 2.13. The van der Waals surface area contributed by atoms with Crippen LogP contribution in [0, 0.1) is 0 Å². The highest BCUT2D eigenvalue weighted by molar-refractivity contribution is 5.81. The molecule has 1 heterocycles. The lowest BCUT2D eigenvalue weighted by Crippen LogP contribution is -2.19. The minimum absolute atomic E-state index is 0.115. The van der Waals surface area contributed by atoms with Crippen molar-refractivity contribution >= 4 is 12.1 Å². The van der Waals surface area contributed by atoms with Gasteiger partial charge in [0.2, 0.25) is 0 Å². The van der Waals surface area contributed by atoms with Crippen molar-refractivity contribution in [3.8, 4) is 0 Å². The SMILES string of the molecule is CC(C)c1cc(C=C2CNC(=O)N2)cc(C(C)C)c1. The lowest BCUT2D eigenvalue weighted by Gasteiger charge is -2.13. The summed E-state index contributed by atoms with van der Waals surface area (Å²) in [5.41, 5.74) is 4.78. The number of amides is 2. The van der Waals surface area contributed by atoms with Crippen molar-refractivity contribution in [2.75, 3.05) is 6.54 Å². The van der Waals surface area contributed by atoms with Gasteiger partial charge >= 0.3 is 6.03 Å². The average Bonchev–Trinajstić information content (AvgIpc) is 2.74. The number of rotatable bonds is 3. The Bertz CT molecular complexity index is 489. The van der Waals surface area contributed by atoms with Crippen molar-refractivity contribution < 1.29 is 4.79 Å². The number of hydrogen-bond donors (Lipinski definition) is 2. The molecule has 102 valence electrons. The molecule has 0 saturated carbocycles. The second kappa shape index (κ2) is 5.47. The van der Waals surface area contributed by atoms with E-state index in [9.17, 15) is 4.79 Å². The zero-order chi connectivity index (χ0) is 14.0. The Hall–Kier alpha value is -1.77. The molecule has 0 aromatic heterocycles. The minimum Gasteiger partial charge on any atom is -0.332 e. The molecule has 1 aromatic carbocycles. The summed E-state index contributed by atoms with van der Waals surface area (Å²) in [6.07, 6.45) is 2.05. The molecule has 2 rings (SSSR count). The van der Waals surface area contributed by atoms with Crippen LogP contribution in [0.2, 0.25) is 0 Å². The maximum atomic E-state index is 11.1. The molecule has 1 fully saturated rings. The Morgan fingerprint density at radius 3 is 2.05 bits per heavy atom. The minimum atomic E-state index is -0.115. The van der Waals surface area contributed by atoms with E-state index in [1.807, 2.05) is 0 Å². The Morgan fingerprint density at radius 1 is 1.05 bits per heavy atom. The van der Waals surface area contributed by atoms with Gasteiger partial charge in [0.25, 0.3) is 0 Å². The molecule has 0 radical (unpaired) electrons. The fourth-order valence-electron chi connectivity index (χ4n) is 2.15. The topological polar surface area (TPSA) is 41.1 Å². The van der Waals surface area contributed by atoms with E-state index in [0.29, 0.717) is 18.4 Å². The predicted octanol–water partition coefficient (Wildman–Crippen LogP) is 3.59. The van der Waals surface area contributed by atoms with Gasteiger partial charge in [-0.05, 0) is 34.6 Å². The summed E-state index contributed by atoms with van der Waals surface area (Å²) in [4.78, 5) is 11.1. The van der Waals surface area contributed by atoms with Crippen LogP contribution in [-0.2, 0) is 0 Å². The maximum Gasteiger partial charge on any atom is 0.319 e. The molecule has 1 saturated heterocycles. The quantitative estimate of drug-likeness (QED) is 0.854. The summed E-state index contributed by atoms with van der Waals surface area (Å²) < 4.78 is 0. The number of carbonyl (C=O) groups is 1. The molecule has 0 unspecified atom stereocenters. The largest absolute Gasteiger partial charge is 0.332 e. The van der Waals surface area contributed by atoms with Crippen molar-refractivity contribution in [2.24, 2.45) is 0 Å². The molecular weight excluding hydrogens is 236 g/mol. The summed E-state index contributed by atoms with van der Waals surface area (Å²) >= 11 is 0. The van der Waals surface area contributed by atoms with E-state index < -0.39 is 0 Å². The molecule has 0 atom stereocenters. The van der Waals surface area contributed by atoms with Gasteiger partial charge in [0.15, 0.2) is 0 Å². The predicted molar refractivity (Wildman–Crippen MR) is 79.1 cm³/mol. The molecular formula is C16H22N2O. The van der Waals surface area contributed by atoms with Gasteiger partial charge < -0.3 is 10.6 Å². The van der Waals surface area contributed by atoms with Gasteiger partial charge in [0.05, 0.1) is 6.54 Å². The molecule has 0 spiro atoms. The Morgan fingerprint density at radius 2 is 1.63 bits per heavy atom. The van der Waals surface area contributed by atoms with Crippen LogP contribution in [0.1, 0.15) is 56.2 Å². The number of carbonyl (C=O) groups excluding carboxylic acids is 1. The first-order valence-corrected chi connectivity index (χ1v) is 6.86. The lowest BCUT2D eigenvalue weighted by molar-refractivity contribution is 0.249. The second-order valence-corrected chi connectivity index (χ2v) is 5.72. The average molecular weight is 258 g/mol. The Balaban J connectivity index is 2.36. The lowest BCUT2D eigenvalue weighted by atomic mass is 9.93. The molecule has 0 aliphatic carbocycles. The molecule has 3 nitrogen and oxygen atoms in total. The fourth-order valence-corrected chi connectivity index (χ4v) is 2.15. The summed E-state index contributed by atoms with van der Waals surface area (Å²) in [6, 6.07) is 6.57. The van der Waals surface area contributed by atoms with Gasteiger partial charge in [-0.1, -0.05) is 45.9 Å². The molecule has 2 N–H and O–H groups in total. The third-order valence-electron chi connectivity index (χ3n) is 3.39. The standard InChI is InChI=1S/C16H22N2O/c1-10(2)13-5-12(6-14(8-13)11(3)4)7-15-9-17-16(19)18-15/h5-8,10-11H,9H2,1-4H3,(H2,17,18,19). The van der Waals surface area contributed by atoms with Crippen molar-refractivity contribution in [2.45, 2.75) is 39.5 Å². The zero-order valence-electron chi connectivity index (χ0n) is 12.1. The summed E-state index contributed by atoms with van der Waals surface area (Å²) in [6.45, 7) is 9.40. The van der Waals surface area contributed by atoms with Gasteiger partial charge in [-0.15, -0.1) is 0 Å². The van der Waals surface area contributed by atoms with Gasteiger partial charge in [-0.25, -0.2) is 4.79 Å². The summed E-state index contributed by atoms with van der Waals surface area (Å²) in [7, 11) is 0. The highest BCUT2D eigenvalue weighted by Crippen LogP contribution is 2.24. The molecule has 19 heavy (non-hydrogen) atoms. The van der Waals surface area contributed by atoms with E-state index in [1.54, 1.807) is 0 Å². The molecule has 0 bridgehead atoms. The van der Waals surface area contributed by atoms with Crippen LogP contribution < -0.4 is 10.6 Å². The molecule has 1 aliphatic heterocycles. The van der Waals surface area contributed by atoms with Crippen molar-refractivity contribution in [1.29, 1.82) is 0 Å². The van der Waals surface area contributed by atoms with Crippen molar-refractivity contribution in [1.82, 2.24) is 10.6 Å². The van der Waals surface area contributed by atoms with E-state index in [1.165, 1.54) is 11.1 Å². The van der Waals surface area contributed by atoms with Crippen molar-refractivity contribution in [3.63, 3.8) is 0 Å². The normalized spacial score (nSPS) is 17.2. The highest BCUT2D eigenvalue weighted by atomic mass is 16.2. The van der Waals surface area contributed by atoms with Gasteiger partial charge in [-0.3, -0.25) is 0 Å². The Kier molecular flexibility index (Phi) is 3.93. The maximum absolute atomic E-state index is 11.1. The first-order chi connectivity index (χ1) is 8.95. The third kappa shape index (κ3) is 3.37. The summed E-state index contributed by atoms with van der Waals surface area (Å²) in [5.74, 6) is 1.01. The summed E-state index contributed by atoms with van der Waals surface area (Å²) in [5, 5.41) is 5.56. The van der Waals surface area contributed by atoms with E-state index in [0.717, 1.165) is 11.3 Å². The molecule has 1 aromatic rings. The molecule has 1 aliphatic rings. The number of urea groups is 1. The van der Waals surface area contributed by atoms with Crippen LogP contribution in [0.3, 0.4) is 0 Å². The van der Waals surface area contributed by atoms with Gasteiger partial charge in [0.1, 0.15) is 0 Å². The van der Waals surface area contributed by atoms with Crippen molar-refractivity contribution in [3.05, 3.63) is 40.6 Å². The van der Waals surface area contributed by atoms with Crippen LogP contribution in [0.5, 0.6) is 0 Å². The van der Waals surface area contributed by atoms with Crippen LogP contribution >= 0.6 is 0 Å². The molecule has 3 heteroatoms. The zero-order valence-corrected chi connectivity index (χ0v) is 12.1. The van der Waals surface area contributed by atoms with E-state index in [2.05, 4.69) is 62.6 Å². The second-order valence-electron chi connectivity index (χ2n) is 5.72. The van der Waals surface area contributed by atoms with Crippen LogP contribution in [-0.4, -0.2) is 12.6 Å². The smallest absolute Gasteiger partial charge is 0.319 e. The van der Waals surface area contributed by atoms with Gasteiger partial charge in [0, 0.05) is 5.70 Å². The van der Waals surface area contributed by atoms with Crippen LogP contribution in [0.15, 0.2) is 23.9 Å². The number of nitrogens with one attached hydrogen (secondary N) is 2. The number of benzene rings is 1. The van der Waals surface area contributed by atoms with E-state index >= 15 is 0 Å². The Labute approximate surface area is 115 Å². The van der Waals surface area contributed by atoms with E-state index in [4.69, 9.17) is 0 Å². The number of hydrogen-bond acceptors (Lipinski definition) is 1. The first kappa shape index (κ1) is 13.7. The third-order valence-corrected chi connectivity index (χ3v) is 3.39. The molecule has 2 amide bonds. The van der Waals surface area contributed by atoms with E-state index in [-0.39, 0.29) is 6.03 Å². The fraction of sp³-hybridized carbons (Fsp3) is 0.438.